The highest BCUT2D eigenvalue weighted by Crippen LogP contribution is 2.17. The third-order valence-electron chi connectivity index (χ3n) is 3.22. The fraction of sp³-hybridized carbons (Fsp3) is 0.294. The first-order valence-electron chi connectivity index (χ1n) is 7.24. The van der Waals surface area contributed by atoms with Crippen molar-refractivity contribution in [2.24, 2.45) is 5.92 Å². The Labute approximate surface area is 128 Å². The van der Waals surface area contributed by atoms with Crippen molar-refractivity contribution < 1.29 is 13.3 Å². The van der Waals surface area contributed by atoms with E-state index in [2.05, 4.69) is 13.8 Å². The Kier molecular flexibility index (Phi) is 5.84. The van der Waals surface area contributed by atoms with E-state index < -0.39 is 9.53 Å². The third-order valence-corrected chi connectivity index (χ3v) is 4.80. The van der Waals surface area contributed by atoms with Crippen molar-refractivity contribution in [3.8, 4) is 11.5 Å². The van der Waals surface area contributed by atoms with Gasteiger partial charge in [0, 0.05) is 0 Å². The molecule has 3 nitrogen and oxygen atoms in total. The summed E-state index contributed by atoms with van der Waals surface area (Å²) < 4.78 is 17.9. The maximum absolute atomic E-state index is 6.01. The molecule has 1 unspecified atom stereocenters. The summed E-state index contributed by atoms with van der Waals surface area (Å²) in [6, 6.07) is 19.3. The second kappa shape index (κ2) is 7.86. The van der Waals surface area contributed by atoms with Gasteiger partial charge in [-0.05, 0) is 37.1 Å². The molecule has 0 aromatic heterocycles. The van der Waals surface area contributed by atoms with Gasteiger partial charge in [-0.3, -0.25) is 0 Å². The summed E-state index contributed by atoms with van der Waals surface area (Å²) >= 11 is 0. The molecule has 0 aliphatic heterocycles. The van der Waals surface area contributed by atoms with Crippen molar-refractivity contribution >= 4 is 9.53 Å². The summed E-state index contributed by atoms with van der Waals surface area (Å²) in [5, 5.41) is 0. The predicted octanol–water partition coefficient (Wildman–Crippen LogP) is 3.92. The van der Waals surface area contributed by atoms with Crippen molar-refractivity contribution in [3.63, 3.8) is 0 Å². The number of hydrogen-bond acceptors (Lipinski definition) is 3. The van der Waals surface area contributed by atoms with Crippen LogP contribution in [0.4, 0.5) is 0 Å². The van der Waals surface area contributed by atoms with Gasteiger partial charge in [-0.1, -0.05) is 50.2 Å². The first-order valence-corrected chi connectivity index (χ1v) is 8.65. The zero-order valence-electron chi connectivity index (χ0n) is 12.7. The molecule has 0 radical (unpaired) electrons. The average molecular weight is 302 g/mol. The van der Waals surface area contributed by atoms with Gasteiger partial charge in [0.15, 0.2) is 0 Å². The topological polar surface area (TPSA) is 27.7 Å². The minimum absolute atomic E-state index is 0.0918. The zero-order chi connectivity index (χ0) is 15.1. The first kappa shape index (κ1) is 15.6. The van der Waals surface area contributed by atoms with Crippen LogP contribution in [0.5, 0.6) is 11.5 Å². The van der Waals surface area contributed by atoms with Crippen LogP contribution >= 0.6 is 0 Å². The normalized spacial score (nSPS) is 12.4. The molecule has 2 aromatic carbocycles. The van der Waals surface area contributed by atoms with Crippen LogP contribution in [0.2, 0.25) is 0 Å². The summed E-state index contributed by atoms with van der Waals surface area (Å²) in [6.45, 7) is 6.30. The van der Waals surface area contributed by atoms with E-state index >= 15 is 0 Å². The fourth-order valence-corrected chi connectivity index (χ4v) is 3.22. The maximum Gasteiger partial charge on any atom is 0.616 e. The summed E-state index contributed by atoms with van der Waals surface area (Å²) in [6.07, 6.45) is 0.0918. The van der Waals surface area contributed by atoms with Crippen molar-refractivity contribution in [2.45, 2.75) is 26.9 Å². The van der Waals surface area contributed by atoms with Crippen molar-refractivity contribution in [2.75, 3.05) is 0 Å². The molecule has 0 aliphatic carbocycles. The molecule has 1 atom stereocenters. The Balaban J connectivity index is 2.06. The molecule has 4 heteroatoms. The Morgan fingerprint density at radius 2 is 1.14 bits per heavy atom. The van der Waals surface area contributed by atoms with Crippen molar-refractivity contribution in [1.82, 2.24) is 0 Å². The quantitative estimate of drug-likeness (QED) is 0.726. The summed E-state index contributed by atoms with van der Waals surface area (Å²) in [7, 11) is -2.30. The van der Waals surface area contributed by atoms with Crippen LogP contribution in [0.15, 0.2) is 60.7 Å². The van der Waals surface area contributed by atoms with E-state index in [1.807, 2.05) is 67.6 Å². The SMILES string of the molecule is CC(C)C(C)O[SiH](Oc1ccccc1)Oc1ccccc1. The van der Waals surface area contributed by atoms with E-state index in [1.165, 1.54) is 0 Å². The molecule has 0 N–H and O–H groups in total. The Morgan fingerprint density at radius 1 is 0.714 bits per heavy atom. The van der Waals surface area contributed by atoms with Crippen LogP contribution in [0.1, 0.15) is 20.8 Å². The number of rotatable bonds is 7. The smallest absolute Gasteiger partial charge is 0.494 e. The molecule has 0 saturated carbocycles. The molecular weight excluding hydrogens is 280 g/mol. The minimum atomic E-state index is -2.30. The lowest BCUT2D eigenvalue weighted by molar-refractivity contribution is 0.108. The van der Waals surface area contributed by atoms with E-state index in [1.54, 1.807) is 0 Å². The molecule has 21 heavy (non-hydrogen) atoms. The molecule has 0 spiro atoms. The number of hydrogen-bond donors (Lipinski definition) is 0. The van der Waals surface area contributed by atoms with E-state index in [0.717, 1.165) is 11.5 Å². The average Bonchev–Trinajstić information content (AvgIpc) is 2.49. The molecule has 2 aromatic rings. The lowest BCUT2D eigenvalue weighted by Crippen LogP contribution is -2.38. The molecule has 0 amide bonds. The molecule has 0 fully saturated rings. The summed E-state index contributed by atoms with van der Waals surface area (Å²) in [5.74, 6) is 1.97. The van der Waals surface area contributed by atoms with Crippen LogP contribution in [0.25, 0.3) is 0 Å². The molecule has 0 saturated heterocycles. The van der Waals surface area contributed by atoms with E-state index in [0.29, 0.717) is 5.92 Å². The van der Waals surface area contributed by atoms with Gasteiger partial charge in [0.25, 0.3) is 0 Å². The van der Waals surface area contributed by atoms with Crippen molar-refractivity contribution in [3.05, 3.63) is 60.7 Å². The van der Waals surface area contributed by atoms with Crippen LogP contribution in [0.3, 0.4) is 0 Å². The highest BCUT2D eigenvalue weighted by Gasteiger charge is 2.24. The minimum Gasteiger partial charge on any atom is -0.494 e. The van der Waals surface area contributed by atoms with Gasteiger partial charge in [0.1, 0.15) is 11.5 Å². The fourth-order valence-electron chi connectivity index (χ4n) is 1.63. The summed E-state index contributed by atoms with van der Waals surface area (Å²) in [4.78, 5) is 0. The Morgan fingerprint density at radius 3 is 1.52 bits per heavy atom. The van der Waals surface area contributed by atoms with Gasteiger partial charge >= 0.3 is 9.53 Å². The third kappa shape index (κ3) is 5.25. The highest BCUT2D eigenvalue weighted by molar-refractivity contribution is 6.38. The predicted molar refractivity (Wildman–Crippen MR) is 86.7 cm³/mol. The largest absolute Gasteiger partial charge is 0.616 e. The van der Waals surface area contributed by atoms with Crippen LogP contribution in [-0.4, -0.2) is 15.6 Å². The van der Waals surface area contributed by atoms with E-state index in [-0.39, 0.29) is 6.10 Å². The maximum atomic E-state index is 6.01. The Bertz CT molecular complexity index is 475. The van der Waals surface area contributed by atoms with E-state index in [9.17, 15) is 0 Å². The Hall–Kier alpha value is -1.78. The van der Waals surface area contributed by atoms with Gasteiger partial charge in [0.05, 0.1) is 6.10 Å². The lowest BCUT2D eigenvalue weighted by Gasteiger charge is -2.24. The van der Waals surface area contributed by atoms with Gasteiger partial charge < -0.3 is 13.3 Å². The van der Waals surface area contributed by atoms with Gasteiger partial charge in [-0.15, -0.1) is 0 Å². The molecular formula is C17H22O3Si. The van der Waals surface area contributed by atoms with E-state index in [4.69, 9.17) is 13.3 Å². The molecule has 112 valence electrons. The van der Waals surface area contributed by atoms with Crippen LogP contribution in [-0.2, 0) is 4.43 Å². The highest BCUT2D eigenvalue weighted by atomic mass is 28.3. The van der Waals surface area contributed by atoms with Gasteiger partial charge in [-0.25, -0.2) is 0 Å². The first-order chi connectivity index (χ1) is 10.1. The van der Waals surface area contributed by atoms with Crippen LogP contribution in [0, 0.1) is 5.92 Å². The second-order valence-corrected chi connectivity index (χ2v) is 6.56. The van der Waals surface area contributed by atoms with Gasteiger partial charge in [-0.2, -0.15) is 0 Å². The summed E-state index contributed by atoms with van der Waals surface area (Å²) in [5.41, 5.74) is 0. The number of para-hydroxylation sites is 2. The molecule has 2 rings (SSSR count). The second-order valence-electron chi connectivity index (χ2n) is 5.24. The van der Waals surface area contributed by atoms with Crippen molar-refractivity contribution in [1.29, 1.82) is 0 Å². The number of benzene rings is 2. The van der Waals surface area contributed by atoms with Crippen LogP contribution < -0.4 is 8.85 Å². The monoisotopic (exact) mass is 302 g/mol. The molecule has 0 heterocycles. The lowest BCUT2D eigenvalue weighted by atomic mass is 10.1. The standard InChI is InChI=1S/C17H22O3Si/c1-14(2)15(3)18-21(19-16-10-6-4-7-11-16)20-17-12-8-5-9-13-17/h4-15,21H,1-3H3. The zero-order valence-corrected chi connectivity index (χ0v) is 13.9. The molecule has 0 bridgehead atoms. The molecule has 0 aliphatic rings. The van der Waals surface area contributed by atoms with Gasteiger partial charge in [0.2, 0.25) is 0 Å².